The van der Waals surface area contributed by atoms with Gasteiger partial charge in [-0.25, -0.2) is 0 Å². The minimum Gasteiger partial charge on any atom is -0.483 e. The van der Waals surface area contributed by atoms with E-state index >= 15 is 0 Å². The van der Waals surface area contributed by atoms with Gasteiger partial charge in [-0.05, 0) is 98.7 Å². The van der Waals surface area contributed by atoms with Gasteiger partial charge in [-0.3, -0.25) is 19.3 Å². The van der Waals surface area contributed by atoms with Gasteiger partial charge in [-0.15, -0.1) is 0 Å². The molecule has 2 bridgehead atoms. The van der Waals surface area contributed by atoms with Crippen molar-refractivity contribution < 1.29 is 28.6 Å². The van der Waals surface area contributed by atoms with Crippen LogP contribution in [0.2, 0.25) is 0 Å². The number of amides is 1. The molecule has 270 valence electrons. The monoisotopic (exact) mass is 692 g/mol. The second-order valence-corrected chi connectivity index (χ2v) is 15.7. The minimum atomic E-state index is -0.867. The van der Waals surface area contributed by atoms with Gasteiger partial charge in [-0.1, -0.05) is 68.4 Å². The molecule has 1 saturated carbocycles. The molecule has 2 heterocycles. The molecule has 1 amide bonds. The first-order valence-corrected chi connectivity index (χ1v) is 18.8. The molecule has 8 nitrogen and oxygen atoms in total. The molecule has 5 atom stereocenters. The highest BCUT2D eigenvalue weighted by Gasteiger charge is 2.75. The molecular formula is C43H52N2O6. The van der Waals surface area contributed by atoms with E-state index in [0.717, 1.165) is 36.2 Å². The molecule has 1 spiro atoms. The Labute approximate surface area is 302 Å². The van der Waals surface area contributed by atoms with Gasteiger partial charge >= 0.3 is 11.9 Å². The molecule has 2 unspecified atom stereocenters. The topological polar surface area (TPSA) is 85.4 Å². The molecular weight excluding hydrogens is 640 g/mol. The highest BCUT2D eigenvalue weighted by atomic mass is 16.6. The summed E-state index contributed by atoms with van der Waals surface area (Å²) in [5, 5.41) is 0. The maximum Gasteiger partial charge on any atom is 0.308 e. The van der Waals surface area contributed by atoms with E-state index in [1.54, 1.807) is 0 Å². The summed E-state index contributed by atoms with van der Waals surface area (Å²) in [7, 11) is 0. The Morgan fingerprint density at radius 1 is 0.941 bits per heavy atom. The number of carbonyl (C=O) groups excluding carboxylic acids is 3. The number of hydrogen-bond donors (Lipinski definition) is 0. The number of hydrogen-bond acceptors (Lipinski definition) is 7. The number of nitrogens with zero attached hydrogens (tertiary/aromatic N) is 2. The second-order valence-electron chi connectivity index (χ2n) is 15.7. The normalized spacial score (nSPS) is 25.9. The summed E-state index contributed by atoms with van der Waals surface area (Å²) in [4.78, 5) is 44.6. The van der Waals surface area contributed by atoms with E-state index in [0.29, 0.717) is 56.6 Å². The Morgan fingerprint density at radius 3 is 2.43 bits per heavy atom. The van der Waals surface area contributed by atoms with Crippen LogP contribution < -0.4 is 9.47 Å². The molecule has 0 aromatic heterocycles. The van der Waals surface area contributed by atoms with Crippen molar-refractivity contribution in [3.05, 3.63) is 94.0 Å². The molecule has 2 aliphatic carbocycles. The Kier molecular flexibility index (Phi) is 9.51. The third-order valence-corrected chi connectivity index (χ3v) is 12.1. The van der Waals surface area contributed by atoms with Crippen LogP contribution >= 0.6 is 0 Å². The third-order valence-electron chi connectivity index (χ3n) is 12.1. The lowest BCUT2D eigenvalue weighted by atomic mass is 9.48. The van der Waals surface area contributed by atoms with Gasteiger partial charge in [0.2, 0.25) is 5.91 Å². The lowest BCUT2D eigenvalue weighted by Crippen LogP contribution is -2.79. The zero-order valence-electron chi connectivity index (χ0n) is 31.0. The van der Waals surface area contributed by atoms with E-state index in [9.17, 15) is 14.4 Å². The van der Waals surface area contributed by atoms with Gasteiger partial charge in [0.15, 0.2) is 11.5 Å². The van der Waals surface area contributed by atoms with Crippen LogP contribution in [0.3, 0.4) is 0 Å². The van der Waals surface area contributed by atoms with Crippen molar-refractivity contribution in [1.29, 1.82) is 0 Å². The predicted molar refractivity (Wildman–Crippen MR) is 196 cm³/mol. The molecule has 0 N–H and O–H groups in total. The maximum absolute atomic E-state index is 14.4. The summed E-state index contributed by atoms with van der Waals surface area (Å²) in [5.74, 6) is 0.579. The first kappa shape index (κ1) is 35.2. The van der Waals surface area contributed by atoms with E-state index in [1.807, 2.05) is 12.1 Å². The molecule has 0 radical (unpaired) electrons. The van der Waals surface area contributed by atoms with E-state index in [-0.39, 0.29) is 29.9 Å². The minimum absolute atomic E-state index is 0.0667. The zero-order chi connectivity index (χ0) is 36.1. The van der Waals surface area contributed by atoms with Crippen LogP contribution in [0.5, 0.6) is 11.5 Å². The molecule has 2 aliphatic heterocycles. The van der Waals surface area contributed by atoms with E-state index in [1.165, 1.54) is 30.5 Å². The fourth-order valence-corrected chi connectivity index (χ4v) is 9.94. The second kappa shape index (κ2) is 13.8. The lowest BCUT2D eigenvalue weighted by molar-refractivity contribution is -0.224. The largest absolute Gasteiger partial charge is 0.483 e. The number of likely N-dealkylation sites (tertiary alicyclic amines) is 1. The first-order valence-electron chi connectivity index (χ1n) is 18.8. The number of esters is 2. The molecule has 3 aromatic carbocycles. The van der Waals surface area contributed by atoms with Gasteiger partial charge in [0.25, 0.3) is 0 Å². The summed E-state index contributed by atoms with van der Waals surface area (Å²) in [6.07, 6.45) is 4.11. The molecule has 8 heteroatoms. The summed E-state index contributed by atoms with van der Waals surface area (Å²) < 4.78 is 19.6. The molecule has 4 aliphatic rings. The fraction of sp³-hybridized carbons (Fsp3) is 0.512. The molecule has 2 fully saturated rings. The van der Waals surface area contributed by atoms with Crippen molar-refractivity contribution in [3.8, 4) is 11.5 Å². The lowest BCUT2D eigenvalue weighted by Gasteiger charge is -2.65. The van der Waals surface area contributed by atoms with Crippen molar-refractivity contribution in [3.63, 3.8) is 0 Å². The summed E-state index contributed by atoms with van der Waals surface area (Å²) >= 11 is 0. The molecule has 1 saturated heterocycles. The SMILES string of the molecule is CC(=O)Oc1ccc2c3c1OC1C(N(CC(C)C)C(=O)CCc4ccc(C)c(C)c4)CC[C@@]4(OC(C)=O)[C@@H](C2)N(CCc2ccccc2)CC[C@]314. The quantitative estimate of drug-likeness (QED) is 0.164. The van der Waals surface area contributed by atoms with Crippen molar-refractivity contribution in [1.82, 2.24) is 9.80 Å². The van der Waals surface area contributed by atoms with Crippen molar-refractivity contribution >= 4 is 17.8 Å². The van der Waals surface area contributed by atoms with Crippen molar-refractivity contribution in [2.24, 2.45) is 5.92 Å². The van der Waals surface area contributed by atoms with Gasteiger partial charge in [0, 0.05) is 38.9 Å². The van der Waals surface area contributed by atoms with Crippen molar-refractivity contribution in [2.75, 3.05) is 19.6 Å². The van der Waals surface area contributed by atoms with Crippen LogP contribution in [0.15, 0.2) is 60.7 Å². The van der Waals surface area contributed by atoms with E-state index in [2.05, 4.69) is 86.0 Å². The van der Waals surface area contributed by atoms with Gasteiger partial charge in [0.05, 0.1) is 17.5 Å². The van der Waals surface area contributed by atoms with Crippen LogP contribution in [0.4, 0.5) is 0 Å². The highest BCUT2D eigenvalue weighted by Crippen LogP contribution is 2.67. The average molecular weight is 693 g/mol. The van der Waals surface area contributed by atoms with E-state index in [4.69, 9.17) is 14.2 Å². The summed E-state index contributed by atoms with van der Waals surface area (Å²) in [6, 6.07) is 20.6. The van der Waals surface area contributed by atoms with Crippen LogP contribution in [0.25, 0.3) is 0 Å². The Bertz CT molecular complexity index is 1820. The van der Waals surface area contributed by atoms with Crippen LogP contribution in [-0.4, -0.2) is 71.1 Å². The molecule has 7 rings (SSSR count). The highest BCUT2D eigenvalue weighted by molar-refractivity contribution is 5.78. The zero-order valence-corrected chi connectivity index (χ0v) is 31.0. The number of aryl methyl sites for hydroxylation is 3. The van der Waals surface area contributed by atoms with Crippen molar-refractivity contribution in [2.45, 2.75) is 116 Å². The van der Waals surface area contributed by atoms with Crippen LogP contribution in [-0.2, 0) is 43.8 Å². The Hall–Kier alpha value is -4.17. The molecule has 3 aromatic rings. The number of piperidine rings is 1. The maximum atomic E-state index is 14.4. The number of benzene rings is 3. The smallest absolute Gasteiger partial charge is 0.308 e. The van der Waals surface area contributed by atoms with Crippen LogP contribution in [0, 0.1) is 19.8 Å². The van der Waals surface area contributed by atoms with Crippen LogP contribution in [0.1, 0.15) is 86.8 Å². The number of ether oxygens (including phenoxy) is 3. The summed E-state index contributed by atoms with van der Waals surface area (Å²) in [6.45, 7) is 13.7. The number of rotatable bonds is 11. The van der Waals surface area contributed by atoms with E-state index < -0.39 is 23.1 Å². The Balaban J connectivity index is 1.30. The Morgan fingerprint density at radius 2 is 1.73 bits per heavy atom. The van der Waals surface area contributed by atoms with Gasteiger partial charge in [0.1, 0.15) is 11.7 Å². The van der Waals surface area contributed by atoms with Gasteiger partial charge in [-0.2, -0.15) is 0 Å². The fourth-order valence-electron chi connectivity index (χ4n) is 9.94. The molecule has 51 heavy (non-hydrogen) atoms. The summed E-state index contributed by atoms with van der Waals surface area (Å²) in [5.41, 5.74) is 5.47. The average Bonchev–Trinajstić information content (AvgIpc) is 3.44. The first-order chi connectivity index (χ1) is 24.4. The third kappa shape index (κ3) is 6.13. The number of carbonyl (C=O) groups is 3. The predicted octanol–water partition coefficient (Wildman–Crippen LogP) is 6.68. The van der Waals surface area contributed by atoms with Gasteiger partial charge < -0.3 is 19.1 Å². The standard InChI is InChI=1S/C43H52N2O6/c1-27(2)26-45(38(48)17-14-33-13-12-28(3)29(4)24-33)35-18-20-43(51-31(6)47)37-25-34-15-16-36(49-30(5)46)40-39(34)42(43,41(35)50-40)21-23-44(37)22-19-32-10-8-7-9-11-32/h7-13,15-16,24,27,35,37,41H,14,17-23,25-26H2,1-6H3/t35?,37-,41?,42+,43-/m1/s1.